The van der Waals surface area contributed by atoms with Gasteiger partial charge in [0, 0.05) is 5.75 Å². The van der Waals surface area contributed by atoms with Gasteiger partial charge in [-0.3, -0.25) is 4.79 Å². The summed E-state index contributed by atoms with van der Waals surface area (Å²) in [4.78, 5) is 12.2. The number of thioether (sulfide) groups is 1. The molecule has 5 heteroatoms. The van der Waals surface area contributed by atoms with Crippen LogP contribution in [0.1, 0.15) is 19.8 Å². The van der Waals surface area contributed by atoms with Crippen LogP contribution in [0.15, 0.2) is 21.7 Å². The van der Waals surface area contributed by atoms with Crippen molar-refractivity contribution in [3.05, 3.63) is 17.5 Å². The maximum atomic E-state index is 12.2. The van der Waals surface area contributed by atoms with Crippen LogP contribution in [-0.4, -0.2) is 30.9 Å². The molecule has 1 aromatic heterocycles. The fourth-order valence-electron chi connectivity index (χ4n) is 2.09. The highest BCUT2D eigenvalue weighted by Crippen LogP contribution is 2.43. The number of esters is 1. The number of ether oxygens (including phenoxy) is 1. The second-order valence-electron chi connectivity index (χ2n) is 4.44. The van der Waals surface area contributed by atoms with Crippen molar-refractivity contribution in [2.24, 2.45) is 5.92 Å². The highest BCUT2D eigenvalue weighted by Gasteiger charge is 2.51. The van der Waals surface area contributed by atoms with Crippen molar-refractivity contribution in [2.45, 2.75) is 29.5 Å². The van der Waals surface area contributed by atoms with Gasteiger partial charge < -0.3 is 10.1 Å². The van der Waals surface area contributed by atoms with Crippen LogP contribution in [0.3, 0.4) is 0 Å². The van der Waals surface area contributed by atoms with E-state index in [0.29, 0.717) is 12.5 Å². The first kappa shape index (κ1) is 13.9. The highest BCUT2D eigenvalue weighted by molar-refractivity contribution is 8.01. The average molecular weight is 285 g/mol. The number of hydrogen-bond acceptors (Lipinski definition) is 5. The van der Waals surface area contributed by atoms with Crippen molar-refractivity contribution in [3.63, 3.8) is 0 Å². The van der Waals surface area contributed by atoms with Gasteiger partial charge in [-0.1, -0.05) is 6.07 Å². The lowest BCUT2D eigenvalue weighted by atomic mass is 9.96. The number of carbonyl (C=O) groups is 1. The number of nitrogens with one attached hydrogen (secondary N) is 1. The Hall–Kier alpha value is -0.520. The molecule has 0 amide bonds. The van der Waals surface area contributed by atoms with E-state index >= 15 is 0 Å². The first-order valence-corrected chi connectivity index (χ1v) is 8.12. The van der Waals surface area contributed by atoms with Crippen LogP contribution < -0.4 is 5.32 Å². The Morgan fingerprint density at radius 2 is 2.44 bits per heavy atom. The predicted octanol–water partition coefficient (Wildman–Crippen LogP) is 2.77. The second kappa shape index (κ2) is 6.08. The summed E-state index contributed by atoms with van der Waals surface area (Å²) in [5.41, 5.74) is -0.509. The van der Waals surface area contributed by atoms with Crippen LogP contribution in [0.25, 0.3) is 0 Å². The number of rotatable bonds is 7. The average Bonchev–Trinajstić information content (AvgIpc) is 3.08. The SMILES string of the molecule is CCOC(=O)C(CSc1cccs1)(NC)C1CC1. The van der Waals surface area contributed by atoms with E-state index in [1.54, 1.807) is 23.1 Å². The summed E-state index contributed by atoms with van der Waals surface area (Å²) < 4.78 is 6.51. The minimum absolute atomic E-state index is 0.0981. The van der Waals surface area contributed by atoms with E-state index in [-0.39, 0.29) is 5.97 Å². The van der Waals surface area contributed by atoms with E-state index in [2.05, 4.69) is 16.8 Å². The van der Waals surface area contributed by atoms with Gasteiger partial charge in [-0.15, -0.1) is 23.1 Å². The van der Waals surface area contributed by atoms with Gasteiger partial charge in [0.15, 0.2) is 0 Å². The zero-order chi connectivity index (χ0) is 13.0. The molecule has 2 rings (SSSR count). The number of likely N-dealkylation sites (N-methyl/N-ethyl adjacent to an activating group) is 1. The normalized spacial score (nSPS) is 18.3. The summed E-state index contributed by atoms with van der Waals surface area (Å²) in [6.07, 6.45) is 2.23. The highest BCUT2D eigenvalue weighted by atomic mass is 32.2. The fraction of sp³-hybridized carbons (Fsp3) is 0.615. The first-order valence-electron chi connectivity index (χ1n) is 6.25. The van der Waals surface area contributed by atoms with E-state index < -0.39 is 5.54 Å². The van der Waals surface area contributed by atoms with E-state index in [0.717, 1.165) is 18.6 Å². The first-order chi connectivity index (χ1) is 8.73. The van der Waals surface area contributed by atoms with E-state index in [4.69, 9.17) is 4.74 Å². The maximum absolute atomic E-state index is 12.2. The summed E-state index contributed by atoms with van der Waals surface area (Å²) >= 11 is 3.45. The van der Waals surface area contributed by atoms with Crippen LogP contribution in [-0.2, 0) is 9.53 Å². The number of carbonyl (C=O) groups excluding carboxylic acids is 1. The zero-order valence-electron chi connectivity index (χ0n) is 10.8. The minimum Gasteiger partial charge on any atom is -0.465 e. The molecule has 0 aromatic carbocycles. The molecule has 0 radical (unpaired) electrons. The Labute approximate surface area is 116 Å². The lowest BCUT2D eigenvalue weighted by Gasteiger charge is -2.30. The van der Waals surface area contributed by atoms with Crippen LogP contribution in [0.2, 0.25) is 0 Å². The standard InChI is InChI=1S/C13H19NO2S2/c1-3-16-12(15)13(14-2,10-6-7-10)9-18-11-5-4-8-17-11/h4-5,8,10,14H,3,6-7,9H2,1-2H3. The van der Waals surface area contributed by atoms with Crippen molar-refractivity contribution in [2.75, 3.05) is 19.4 Å². The Morgan fingerprint density at radius 1 is 1.67 bits per heavy atom. The quantitative estimate of drug-likeness (QED) is 0.617. The topological polar surface area (TPSA) is 38.3 Å². The molecule has 1 fully saturated rings. The molecule has 0 aliphatic heterocycles. The van der Waals surface area contributed by atoms with Gasteiger partial charge in [0.2, 0.25) is 0 Å². The minimum atomic E-state index is -0.509. The molecule has 1 saturated carbocycles. The molecule has 1 heterocycles. The molecule has 1 unspecified atom stereocenters. The van der Waals surface area contributed by atoms with Gasteiger partial charge in [0.05, 0.1) is 10.8 Å². The fourth-order valence-corrected chi connectivity index (χ4v) is 4.20. The van der Waals surface area contributed by atoms with Crippen molar-refractivity contribution < 1.29 is 9.53 Å². The van der Waals surface area contributed by atoms with Crippen LogP contribution in [0.5, 0.6) is 0 Å². The molecule has 1 aromatic rings. The second-order valence-corrected chi connectivity index (χ2v) is 6.66. The maximum Gasteiger partial charge on any atom is 0.327 e. The van der Waals surface area contributed by atoms with Crippen molar-refractivity contribution in [1.29, 1.82) is 0 Å². The molecule has 1 aliphatic rings. The predicted molar refractivity (Wildman–Crippen MR) is 76.2 cm³/mol. The largest absolute Gasteiger partial charge is 0.465 e. The lowest BCUT2D eigenvalue weighted by Crippen LogP contribution is -2.55. The lowest BCUT2D eigenvalue weighted by molar-refractivity contribution is -0.150. The molecule has 18 heavy (non-hydrogen) atoms. The number of hydrogen-bond donors (Lipinski definition) is 1. The third-order valence-electron chi connectivity index (χ3n) is 3.30. The molecule has 0 saturated heterocycles. The van der Waals surface area contributed by atoms with Crippen LogP contribution in [0, 0.1) is 5.92 Å². The van der Waals surface area contributed by atoms with Crippen molar-refractivity contribution in [3.8, 4) is 0 Å². The summed E-state index contributed by atoms with van der Waals surface area (Å²) in [6, 6.07) is 4.13. The van der Waals surface area contributed by atoms with Gasteiger partial charge in [-0.05, 0) is 44.2 Å². The smallest absolute Gasteiger partial charge is 0.327 e. The van der Waals surface area contributed by atoms with E-state index in [1.807, 2.05) is 20.0 Å². The molecular formula is C13H19NO2S2. The summed E-state index contributed by atoms with van der Waals surface area (Å²) in [5.74, 6) is 1.07. The monoisotopic (exact) mass is 285 g/mol. The van der Waals surface area contributed by atoms with Gasteiger partial charge in [-0.25, -0.2) is 0 Å². The van der Waals surface area contributed by atoms with Crippen molar-refractivity contribution in [1.82, 2.24) is 5.32 Å². The van der Waals surface area contributed by atoms with Crippen molar-refractivity contribution >= 4 is 29.1 Å². The zero-order valence-corrected chi connectivity index (χ0v) is 12.4. The van der Waals surface area contributed by atoms with Gasteiger partial charge in [0.25, 0.3) is 0 Å². The molecule has 1 atom stereocenters. The summed E-state index contributed by atoms with van der Waals surface area (Å²) in [5, 5.41) is 5.29. The van der Waals surface area contributed by atoms with Gasteiger partial charge in [0.1, 0.15) is 5.54 Å². The molecule has 1 N–H and O–H groups in total. The van der Waals surface area contributed by atoms with Crippen LogP contribution in [0.4, 0.5) is 0 Å². The summed E-state index contributed by atoms with van der Waals surface area (Å²) in [7, 11) is 1.87. The Balaban J connectivity index is 2.06. The van der Waals surface area contributed by atoms with Gasteiger partial charge >= 0.3 is 5.97 Å². The van der Waals surface area contributed by atoms with Gasteiger partial charge in [-0.2, -0.15) is 0 Å². The summed E-state index contributed by atoms with van der Waals surface area (Å²) in [6.45, 7) is 2.30. The molecule has 0 spiro atoms. The third kappa shape index (κ3) is 2.90. The Bertz CT molecular complexity index is 390. The number of thiophene rings is 1. The van der Waals surface area contributed by atoms with E-state index in [9.17, 15) is 4.79 Å². The molecule has 3 nitrogen and oxygen atoms in total. The third-order valence-corrected chi connectivity index (χ3v) is 5.62. The molecule has 100 valence electrons. The molecule has 0 bridgehead atoms. The molecular weight excluding hydrogens is 266 g/mol. The molecule has 1 aliphatic carbocycles. The Morgan fingerprint density at radius 3 is 2.94 bits per heavy atom. The van der Waals surface area contributed by atoms with E-state index in [1.165, 1.54) is 4.21 Å². The van der Waals surface area contributed by atoms with Crippen LogP contribution >= 0.6 is 23.1 Å². The Kier molecular flexibility index (Phi) is 4.70.